The van der Waals surface area contributed by atoms with Gasteiger partial charge in [-0.2, -0.15) is 0 Å². The minimum absolute atomic E-state index is 0.145. The average molecular weight is 488 g/mol. The zero-order valence-electron chi connectivity index (χ0n) is 18.2. The topological polar surface area (TPSA) is 128 Å². The molecule has 0 fully saturated rings. The Labute approximate surface area is 195 Å². The summed E-state index contributed by atoms with van der Waals surface area (Å²) in [4.78, 5) is 22.5. The van der Waals surface area contributed by atoms with Crippen molar-refractivity contribution in [1.29, 1.82) is 0 Å². The molecule has 0 aliphatic heterocycles. The van der Waals surface area contributed by atoms with Crippen LogP contribution in [0.1, 0.15) is 22.3 Å². The predicted octanol–water partition coefficient (Wildman–Crippen LogP) is 4.04. The molecule has 0 atom stereocenters. The van der Waals surface area contributed by atoms with E-state index in [9.17, 15) is 27.7 Å². The number of sulfonamides is 1. The molecule has 11 heteroatoms. The number of nitrogens with one attached hydrogen (secondary N) is 2. The number of nitro benzene ring substituents is 1. The van der Waals surface area contributed by atoms with Gasteiger partial charge < -0.3 is 10.1 Å². The van der Waals surface area contributed by atoms with E-state index in [1.54, 1.807) is 12.1 Å². The average Bonchev–Trinajstić information content (AvgIpc) is 2.80. The molecule has 9 nitrogen and oxygen atoms in total. The van der Waals surface area contributed by atoms with E-state index in [0.29, 0.717) is 24.1 Å². The summed E-state index contributed by atoms with van der Waals surface area (Å²) in [5, 5.41) is 13.8. The molecule has 0 aliphatic rings. The Bertz CT molecular complexity index is 1300. The molecule has 0 saturated heterocycles. The number of hydrogen-bond acceptors (Lipinski definition) is 6. The summed E-state index contributed by atoms with van der Waals surface area (Å²) >= 11 is 0. The Hall–Kier alpha value is -3.99. The predicted molar refractivity (Wildman–Crippen MR) is 124 cm³/mol. The number of nitro groups is 1. The number of nitrogens with zero attached hydrogens (tertiary/aromatic N) is 1. The number of carbonyl (C=O) groups excluding carboxylic acids is 1. The highest BCUT2D eigenvalue weighted by molar-refractivity contribution is 7.92. The van der Waals surface area contributed by atoms with Crippen LogP contribution in [0, 0.1) is 22.9 Å². The second kappa shape index (κ2) is 10.8. The third kappa shape index (κ3) is 6.29. The maximum absolute atomic E-state index is 13.5. The van der Waals surface area contributed by atoms with Crippen molar-refractivity contribution >= 4 is 27.3 Å². The number of amides is 1. The Morgan fingerprint density at radius 2 is 1.79 bits per heavy atom. The number of para-hydroxylation sites is 1. The van der Waals surface area contributed by atoms with Gasteiger partial charge in [0.1, 0.15) is 0 Å². The standard InChI is InChI=1S/C23H22FN3O6S/c1-16-7-12-19(15-21(16)27(29)30)34(31,32)26-18-10-8-17(9-11-18)23(28)25-13-4-14-33-22-6-3-2-5-20(22)24/h2-3,5-12,15,26H,4,13-14H2,1H3,(H,25,28). The van der Waals surface area contributed by atoms with Crippen LogP contribution in [-0.4, -0.2) is 32.4 Å². The summed E-state index contributed by atoms with van der Waals surface area (Å²) in [5.74, 6) is -0.676. The summed E-state index contributed by atoms with van der Waals surface area (Å²) in [7, 11) is -4.06. The Morgan fingerprint density at radius 1 is 1.09 bits per heavy atom. The number of anilines is 1. The third-order valence-electron chi connectivity index (χ3n) is 4.79. The first-order valence-corrected chi connectivity index (χ1v) is 11.7. The molecule has 0 bridgehead atoms. The monoisotopic (exact) mass is 487 g/mol. The Kier molecular flexibility index (Phi) is 7.79. The molecule has 0 aromatic heterocycles. The van der Waals surface area contributed by atoms with Crippen molar-refractivity contribution < 1.29 is 27.3 Å². The number of ether oxygens (including phenoxy) is 1. The highest BCUT2D eigenvalue weighted by atomic mass is 32.2. The SMILES string of the molecule is Cc1ccc(S(=O)(=O)Nc2ccc(C(=O)NCCCOc3ccccc3F)cc2)cc1[N+](=O)[O-]. The van der Waals surface area contributed by atoms with Crippen molar-refractivity contribution in [1.82, 2.24) is 5.32 Å². The van der Waals surface area contributed by atoms with Crippen LogP contribution in [0.15, 0.2) is 71.6 Å². The lowest BCUT2D eigenvalue weighted by molar-refractivity contribution is -0.385. The second-order valence-electron chi connectivity index (χ2n) is 7.28. The molecule has 3 aromatic carbocycles. The number of hydrogen-bond donors (Lipinski definition) is 2. The van der Waals surface area contributed by atoms with E-state index < -0.39 is 20.8 Å². The van der Waals surface area contributed by atoms with Crippen molar-refractivity contribution in [2.75, 3.05) is 17.9 Å². The quantitative estimate of drug-likeness (QED) is 0.252. The first-order chi connectivity index (χ1) is 16.2. The van der Waals surface area contributed by atoms with E-state index in [1.807, 2.05) is 0 Å². The van der Waals surface area contributed by atoms with Gasteiger partial charge in [0.2, 0.25) is 0 Å². The van der Waals surface area contributed by atoms with Crippen molar-refractivity contribution in [3.8, 4) is 5.75 Å². The van der Waals surface area contributed by atoms with Gasteiger partial charge in [0, 0.05) is 29.4 Å². The van der Waals surface area contributed by atoms with Crippen molar-refractivity contribution in [2.24, 2.45) is 0 Å². The van der Waals surface area contributed by atoms with Crippen LogP contribution in [0.2, 0.25) is 0 Å². The zero-order chi connectivity index (χ0) is 24.7. The van der Waals surface area contributed by atoms with Gasteiger partial charge in [0.15, 0.2) is 11.6 Å². The highest BCUT2D eigenvalue weighted by Crippen LogP contribution is 2.24. The summed E-state index contributed by atoms with van der Waals surface area (Å²) in [6.07, 6.45) is 0.459. The van der Waals surface area contributed by atoms with Gasteiger partial charge in [0.25, 0.3) is 21.6 Å². The van der Waals surface area contributed by atoms with Crippen molar-refractivity contribution in [3.63, 3.8) is 0 Å². The molecule has 0 spiro atoms. The smallest absolute Gasteiger partial charge is 0.273 e. The fourth-order valence-corrected chi connectivity index (χ4v) is 4.06. The van der Waals surface area contributed by atoms with Gasteiger partial charge in [-0.05, 0) is 55.8 Å². The van der Waals surface area contributed by atoms with Gasteiger partial charge >= 0.3 is 0 Å². The van der Waals surface area contributed by atoms with E-state index in [2.05, 4.69) is 10.0 Å². The zero-order valence-corrected chi connectivity index (χ0v) is 19.0. The van der Waals surface area contributed by atoms with E-state index in [1.165, 1.54) is 55.5 Å². The van der Waals surface area contributed by atoms with Gasteiger partial charge in [-0.15, -0.1) is 0 Å². The fourth-order valence-electron chi connectivity index (χ4n) is 2.98. The Morgan fingerprint density at radius 3 is 2.47 bits per heavy atom. The van der Waals surface area contributed by atoms with Crippen LogP contribution in [0.25, 0.3) is 0 Å². The molecule has 0 heterocycles. The van der Waals surface area contributed by atoms with Gasteiger partial charge in [-0.25, -0.2) is 12.8 Å². The van der Waals surface area contributed by atoms with E-state index in [4.69, 9.17) is 4.74 Å². The molecule has 0 aliphatic carbocycles. The van der Waals surface area contributed by atoms with Gasteiger partial charge in [0.05, 0.1) is 16.4 Å². The normalized spacial score (nSPS) is 11.0. The molecule has 1 amide bonds. The largest absolute Gasteiger partial charge is 0.490 e. The molecule has 0 radical (unpaired) electrons. The number of carbonyl (C=O) groups is 1. The lowest BCUT2D eigenvalue weighted by Crippen LogP contribution is -2.25. The summed E-state index contributed by atoms with van der Waals surface area (Å²) in [6.45, 7) is 2.04. The van der Waals surface area contributed by atoms with Crippen LogP contribution >= 0.6 is 0 Å². The number of halogens is 1. The molecular weight excluding hydrogens is 465 g/mol. The van der Waals surface area contributed by atoms with Gasteiger partial charge in [-0.3, -0.25) is 19.6 Å². The molecule has 0 saturated carbocycles. The maximum atomic E-state index is 13.5. The minimum Gasteiger partial charge on any atom is -0.490 e. The van der Waals surface area contributed by atoms with E-state index in [0.717, 1.165) is 6.07 Å². The third-order valence-corrected chi connectivity index (χ3v) is 6.17. The first kappa shape index (κ1) is 24.6. The van der Waals surface area contributed by atoms with Crippen LogP contribution in [0.5, 0.6) is 5.75 Å². The van der Waals surface area contributed by atoms with E-state index >= 15 is 0 Å². The fraction of sp³-hybridized carbons (Fsp3) is 0.174. The molecule has 2 N–H and O–H groups in total. The molecule has 3 rings (SSSR count). The number of benzene rings is 3. The van der Waals surface area contributed by atoms with Crippen LogP contribution < -0.4 is 14.8 Å². The molecule has 0 unspecified atom stereocenters. The lowest BCUT2D eigenvalue weighted by atomic mass is 10.2. The maximum Gasteiger partial charge on any atom is 0.273 e. The molecular formula is C23H22FN3O6S. The molecule has 178 valence electrons. The second-order valence-corrected chi connectivity index (χ2v) is 8.96. The number of aryl methyl sites for hydroxylation is 1. The first-order valence-electron chi connectivity index (χ1n) is 10.2. The summed E-state index contributed by atoms with van der Waals surface area (Å²) in [6, 6.07) is 15.4. The molecule has 34 heavy (non-hydrogen) atoms. The van der Waals surface area contributed by atoms with Crippen molar-refractivity contribution in [3.05, 3.63) is 93.8 Å². The Balaban J connectivity index is 1.53. The van der Waals surface area contributed by atoms with Gasteiger partial charge in [-0.1, -0.05) is 18.2 Å². The summed E-state index contributed by atoms with van der Waals surface area (Å²) < 4.78 is 46.3. The summed E-state index contributed by atoms with van der Waals surface area (Å²) in [5.41, 5.74) is 0.550. The number of rotatable bonds is 10. The molecule has 3 aromatic rings. The highest BCUT2D eigenvalue weighted by Gasteiger charge is 2.20. The van der Waals surface area contributed by atoms with Crippen LogP contribution in [-0.2, 0) is 10.0 Å². The van der Waals surface area contributed by atoms with E-state index in [-0.39, 0.29) is 34.5 Å². The van der Waals surface area contributed by atoms with Crippen LogP contribution in [0.4, 0.5) is 15.8 Å². The van der Waals surface area contributed by atoms with Crippen LogP contribution in [0.3, 0.4) is 0 Å². The lowest BCUT2D eigenvalue weighted by Gasteiger charge is -2.10. The minimum atomic E-state index is -4.06. The van der Waals surface area contributed by atoms with Crippen molar-refractivity contribution in [2.45, 2.75) is 18.2 Å².